The molecule has 10 nitrogen and oxygen atoms in total. The Kier molecular flexibility index (Phi) is 17.8. The molecule has 0 aliphatic carbocycles. The van der Waals surface area contributed by atoms with Crippen molar-refractivity contribution in [3.63, 3.8) is 0 Å². The summed E-state index contributed by atoms with van der Waals surface area (Å²) in [6.07, 6.45) is 11.9. The van der Waals surface area contributed by atoms with Crippen LogP contribution in [0.25, 0.3) is 28.1 Å². The monoisotopic (exact) mass is 1100 g/mol. The molecule has 0 aliphatic heterocycles. The molecule has 0 bridgehead atoms. The summed E-state index contributed by atoms with van der Waals surface area (Å²) in [6.45, 7) is 0. The molecular formula is C45H36BCl2F3N6O4U. The fraction of sp³-hybridized carbons (Fsp3) is 0.0889. The first kappa shape index (κ1) is 47.2. The second kappa shape index (κ2) is 23.4. The predicted octanol–water partition coefficient (Wildman–Crippen LogP) is 10.1. The molecule has 0 saturated carbocycles. The number of carboxylic acids is 1. The van der Waals surface area contributed by atoms with Crippen molar-refractivity contribution in [1.82, 2.24) is 29.5 Å². The zero-order valence-corrected chi connectivity index (χ0v) is 38.7. The van der Waals surface area contributed by atoms with E-state index in [1.54, 1.807) is 91.5 Å². The normalized spacial score (nSPS) is 10.3. The zero-order chi connectivity index (χ0) is 44.6. The average molecular weight is 1100 g/mol. The smallest absolute Gasteiger partial charge is 0.371 e. The van der Waals surface area contributed by atoms with E-state index in [1.807, 2.05) is 29.0 Å². The molecule has 0 fully saturated rings. The number of halogens is 5. The molecule has 0 atom stereocenters. The number of aromatic nitrogens is 6. The van der Waals surface area contributed by atoms with Crippen LogP contribution in [0.1, 0.15) is 32.9 Å². The van der Waals surface area contributed by atoms with Gasteiger partial charge in [0, 0.05) is 99.6 Å². The van der Waals surface area contributed by atoms with Gasteiger partial charge in [-0.2, -0.15) is 4.39 Å². The Hall–Kier alpha value is -5.84. The van der Waals surface area contributed by atoms with Crippen molar-refractivity contribution in [3.8, 4) is 39.6 Å². The number of carboxylic acid groups (broad SMARTS) is 1. The van der Waals surface area contributed by atoms with E-state index in [0.717, 1.165) is 16.9 Å². The fourth-order valence-corrected chi connectivity index (χ4v) is 6.42. The molecule has 4 aromatic carbocycles. The van der Waals surface area contributed by atoms with Gasteiger partial charge < -0.3 is 19.6 Å². The van der Waals surface area contributed by atoms with Gasteiger partial charge in [0.1, 0.15) is 35.3 Å². The number of rotatable bonds is 10. The van der Waals surface area contributed by atoms with Gasteiger partial charge in [-0.1, -0.05) is 71.7 Å². The van der Waals surface area contributed by atoms with Gasteiger partial charge in [0.25, 0.3) is 0 Å². The molecule has 0 unspecified atom stereocenters. The Morgan fingerprint density at radius 1 is 0.758 bits per heavy atom. The number of hydrogen-bond acceptors (Lipinski definition) is 7. The second-order valence-corrected chi connectivity index (χ2v) is 13.7. The average Bonchev–Trinajstić information content (AvgIpc) is 4.04. The third kappa shape index (κ3) is 12.6. The molecule has 0 aliphatic rings. The van der Waals surface area contributed by atoms with E-state index in [0.29, 0.717) is 67.8 Å². The standard InChI is InChI=1S/C22H17ClFN3O.C19H14ClF2NO.C4H4N2O2.BH.U/c1-28-19-7-6-17(22(24)21(19)16-3-2-4-18(23)12-16)11-15-5-8-20(26-13-15)27-10-9-25-14-27;1-24-16-7-6-14(9-12-5-8-17(21)23-11-12)19(22)18(16)13-3-2-4-15(20)10-13;7-4(8)3-5-1-2-6-3;;/h2-10,12-14H,11H2,1H3;2-8,10-11H,9H2,1H3;1-2H,(H,5,6)(H,7,8);1H;/i;;;1D;. The minimum absolute atomic E-state index is 0. The van der Waals surface area contributed by atoms with E-state index >= 15 is 8.78 Å². The van der Waals surface area contributed by atoms with Crippen molar-refractivity contribution in [2.75, 3.05) is 14.2 Å². The first-order chi connectivity index (χ1) is 30.0. The Morgan fingerprint density at radius 3 is 1.69 bits per heavy atom. The third-order valence-corrected chi connectivity index (χ3v) is 9.36. The van der Waals surface area contributed by atoms with Gasteiger partial charge in [0.15, 0.2) is 0 Å². The summed E-state index contributed by atoms with van der Waals surface area (Å²) in [5.74, 6) is -0.668. The number of hydrogen-bond donors (Lipinski definition) is 2. The van der Waals surface area contributed by atoms with Gasteiger partial charge in [-0.25, -0.2) is 33.5 Å². The topological polar surface area (TPSA) is 128 Å². The van der Waals surface area contributed by atoms with Gasteiger partial charge in [-0.05, 0) is 83.2 Å². The summed E-state index contributed by atoms with van der Waals surface area (Å²) < 4.78 is 61.1. The first-order valence-electron chi connectivity index (χ1n) is 18.6. The van der Waals surface area contributed by atoms with Crippen LogP contribution in [0.5, 0.6) is 11.5 Å². The molecule has 8 aromatic rings. The van der Waals surface area contributed by atoms with Gasteiger partial charge in [-0.3, -0.25) is 4.57 Å². The summed E-state index contributed by atoms with van der Waals surface area (Å²) in [5, 5.41) is 9.24. The number of nitrogens with zero attached hydrogens (tertiary/aromatic N) is 5. The SMILES string of the molecule is COc1ccc(Cc2ccc(-n3ccnc3)nc2)c(F)c1-c1cccc(Cl)c1.COc1ccc(Cc2ccc(F)nc2)c(F)c1-c1cccc(Cl)c1.O=C(O)c1ncc[nH]1.[2H][B].[U]. The number of H-pyrrole nitrogens is 1. The van der Waals surface area contributed by atoms with Crippen LogP contribution in [0.3, 0.4) is 0 Å². The maximum absolute atomic E-state index is 15.4. The van der Waals surface area contributed by atoms with Crippen LogP contribution in [0.4, 0.5) is 13.2 Å². The number of benzene rings is 4. The molecule has 8 rings (SSSR count). The van der Waals surface area contributed by atoms with Crippen molar-refractivity contribution in [2.24, 2.45) is 0 Å². The van der Waals surface area contributed by atoms with Crippen molar-refractivity contribution < 1.29 is 63.7 Å². The Balaban J connectivity index is 0.000000226. The molecule has 4 heterocycles. The number of carbonyl (C=O) groups is 1. The number of aromatic carboxylic acids is 1. The van der Waals surface area contributed by atoms with Crippen LogP contribution in [0, 0.1) is 48.7 Å². The Bertz CT molecular complexity index is 2690. The third-order valence-electron chi connectivity index (χ3n) is 8.89. The molecular weight excluding hydrogens is 1070 g/mol. The van der Waals surface area contributed by atoms with Crippen LogP contribution in [-0.2, 0) is 12.8 Å². The molecule has 0 amide bonds. The largest absolute Gasteiger partial charge is 0.496 e. The molecule has 312 valence electrons. The van der Waals surface area contributed by atoms with Gasteiger partial charge in [0.2, 0.25) is 11.8 Å². The molecule has 4 aromatic heterocycles. The number of ether oxygens (including phenoxy) is 2. The van der Waals surface area contributed by atoms with Crippen molar-refractivity contribution in [1.29, 1.82) is 1.34 Å². The van der Waals surface area contributed by atoms with Crippen molar-refractivity contribution in [2.45, 2.75) is 12.8 Å². The fourth-order valence-electron chi connectivity index (χ4n) is 6.04. The number of pyridine rings is 2. The molecule has 0 spiro atoms. The van der Waals surface area contributed by atoms with Crippen LogP contribution in [0.15, 0.2) is 141 Å². The summed E-state index contributed by atoms with van der Waals surface area (Å²) >= 11 is 12.1. The zero-order valence-electron chi connectivity index (χ0n) is 34.1. The maximum atomic E-state index is 15.4. The summed E-state index contributed by atoms with van der Waals surface area (Å²) in [7, 11) is 6.77. The molecule has 17 heteroatoms. The van der Waals surface area contributed by atoms with Crippen LogP contribution >= 0.6 is 23.2 Å². The van der Waals surface area contributed by atoms with E-state index < -0.39 is 11.9 Å². The van der Waals surface area contributed by atoms with Gasteiger partial charge in [0.05, 0.1) is 25.3 Å². The van der Waals surface area contributed by atoms with Gasteiger partial charge in [-0.15, -0.1) is 0 Å². The minimum Gasteiger partial charge on any atom is -0.496 e. The van der Waals surface area contributed by atoms with Gasteiger partial charge >= 0.3 is 5.97 Å². The second-order valence-electron chi connectivity index (χ2n) is 12.8. The quantitative estimate of drug-likeness (QED) is 0.102. The van der Waals surface area contributed by atoms with E-state index in [1.165, 1.54) is 38.9 Å². The maximum Gasteiger partial charge on any atom is 0.371 e. The molecule has 2 radical (unpaired) electrons. The van der Waals surface area contributed by atoms with E-state index in [9.17, 15) is 9.18 Å². The number of methoxy groups -OCH3 is 2. The Labute approximate surface area is 392 Å². The van der Waals surface area contributed by atoms with Crippen molar-refractivity contribution >= 4 is 37.5 Å². The van der Waals surface area contributed by atoms with E-state index in [2.05, 4.69) is 33.3 Å². The number of nitrogens with one attached hydrogen (secondary N) is 1. The Morgan fingerprint density at radius 2 is 1.31 bits per heavy atom. The molecule has 0 saturated heterocycles. The van der Waals surface area contributed by atoms with E-state index in [-0.39, 0.29) is 48.6 Å². The molecule has 2 N–H and O–H groups in total. The summed E-state index contributed by atoms with van der Waals surface area (Å²) in [4.78, 5) is 27.9. The van der Waals surface area contributed by atoms with Crippen LogP contribution < -0.4 is 9.47 Å². The van der Waals surface area contributed by atoms with Crippen molar-refractivity contribution in [3.05, 3.63) is 196 Å². The van der Waals surface area contributed by atoms with Crippen LogP contribution in [0.2, 0.25) is 10.0 Å². The van der Waals surface area contributed by atoms with Crippen LogP contribution in [-0.4, -0.2) is 64.5 Å². The number of aromatic amines is 1. The summed E-state index contributed by atoms with van der Waals surface area (Å²) in [6, 6.07) is 27.6. The minimum atomic E-state index is -1.03. The van der Waals surface area contributed by atoms with E-state index in [4.69, 9.17) is 39.1 Å². The summed E-state index contributed by atoms with van der Waals surface area (Å²) in [5.41, 5.74) is 4.74. The predicted molar refractivity (Wildman–Crippen MR) is 231 cm³/mol. The molecule has 62 heavy (non-hydrogen) atoms. The number of imidazole rings is 2. The first-order valence-corrected chi connectivity index (χ1v) is 18.8.